The Morgan fingerprint density at radius 1 is 1.24 bits per heavy atom. The molecule has 0 spiro atoms. The van der Waals surface area contributed by atoms with E-state index < -0.39 is 5.97 Å². The first-order valence-corrected chi connectivity index (χ1v) is 7.26. The van der Waals surface area contributed by atoms with Crippen LogP contribution in [0.2, 0.25) is 0 Å². The highest BCUT2D eigenvalue weighted by atomic mass is 16.4. The van der Waals surface area contributed by atoms with Gasteiger partial charge in [-0.3, -0.25) is 4.98 Å². The number of carboxylic acids is 1. The molecule has 0 aliphatic heterocycles. The molecule has 1 heterocycles. The minimum Gasteiger partial charge on any atom is -0.478 e. The Morgan fingerprint density at radius 2 is 2.10 bits per heavy atom. The summed E-state index contributed by atoms with van der Waals surface area (Å²) in [6.45, 7) is 0.599. The number of hydrogen-bond acceptors (Lipinski definition) is 3. The summed E-state index contributed by atoms with van der Waals surface area (Å²) in [4.78, 5) is 15.5. The number of rotatable bonds is 4. The van der Waals surface area contributed by atoms with Crippen LogP contribution in [0.15, 0.2) is 36.5 Å². The van der Waals surface area contributed by atoms with Gasteiger partial charge in [0.1, 0.15) is 0 Å². The van der Waals surface area contributed by atoms with Crippen molar-refractivity contribution in [3.05, 3.63) is 58.9 Å². The third-order valence-electron chi connectivity index (χ3n) is 3.84. The lowest BCUT2D eigenvalue weighted by atomic mass is 9.96. The summed E-state index contributed by atoms with van der Waals surface area (Å²) in [5, 5.41) is 12.3. The van der Waals surface area contributed by atoms with Gasteiger partial charge in [-0.25, -0.2) is 4.79 Å². The maximum absolute atomic E-state index is 11.0. The van der Waals surface area contributed by atoms with E-state index in [1.807, 2.05) is 12.3 Å². The normalized spacial score (nSPS) is 13.5. The fourth-order valence-electron chi connectivity index (χ4n) is 2.70. The van der Waals surface area contributed by atoms with Crippen molar-refractivity contribution < 1.29 is 9.90 Å². The standard InChI is InChI=1S/C17H18N2O2/c20-17(21)14-6-3-4-12(8-14)10-18-15-9-13-5-1-2-7-16(13)19-11-15/h3-4,6,8-9,11,18H,1-2,5,7,10H2,(H,20,21). The fraction of sp³-hybridized carbons (Fsp3) is 0.294. The molecule has 4 heteroatoms. The minimum absolute atomic E-state index is 0.317. The van der Waals surface area contributed by atoms with Crippen LogP contribution in [0.4, 0.5) is 5.69 Å². The molecule has 0 unspecified atom stereocenters. The molecule has 0 radical (unpaired) electrons. The van der Waals surface area contributed by atoms with Gasteiger partial charge < -0.3 is 10.4 Å². The number of anilines is 1. The predicted octanol–water partition coefficient (Wildman–Crippen LogP) is 3.27. The molecule has 0 amide bonds. The molecular formula is C17H18N2O2. The molecule has 0 bridgehead atoms. The van der Waals surface area contributed by atoms with Gasteiger partial charge in [0.2, 0.25) is 0 Å². The van der Waals surface area contributed by atoms with E-state index in [4.69, 9.17) is 5.11 Å². The Labute approximate surface area is 123 Å². The average Bonchev–Trinajstić information content (AvgIpc) is 2.53. The number of pyridine rings is 1. The van der Waals surface area contributed by atoms with Crippen LogP contribution >= 0.6 is 0 Å². The van der Waals surface area contributed by atoms with E-state index in [0.717, 1.165) is 24.1 Å². The van der Waals surface area contributed by atoms with Crippen molar-refractivity contribution in [3.63, 3.8) is 0 Å². The first-order valence-electron chi connectivity index (χ1n) is 7.26. The highest BCUT2D eigenvalue weighted by Gasteiger charge is 2.10. The van der Waals surface area contributed by atoms with Crippen molar-refractivity contribution in [2.75, 3.05) is 5.32 Å². The molecule has 1 aromatic carbocycles. The van der Waals surface area contributed by atoms with Crippen LogP contribution in [0, 0.1) is 0 Å². The first kappa shape index (κ1) is 13.6. The zero-order chi connectivity index (χ0) is 14.7. The molecule has 1 aromatic heterocycles. The average molecular weight is 282 g/mol. The Balaban J connectivity index is 1.70. The van der Waals surface area contributed by atoms with E-state index in [0.29, 0.717) is 12.1 Å². The monoisotopic (exact) mass is 282 g/mol. The topological polar surface area (TPSA) is 62.2 Å². The SMILES string of the molecule is O=C(O)c1cccc(CNc2cnc3c(c2)CCCC3)c1. The van der Waals surface area contributed by atoms with Crippen LogP contribution in [0.25, 0.3) is 0 Å². The van der Waals surface area contributed by atoms with E-state index in [1.54, 1.807) is 18.2 Å². The highest BCUT2D eigenvalue weighted by Crippen LogP contribution is 2.22. The van der Waals surface area contributed by atoms with E-state index in [-0.39, 0.29) is 0 Å². The molecule has 2 N–H and O–H groups in total. The number of fused-ring (bicyclic) bond motifs is 1. The first-order chi connectivity index (χ1) is 10.2. The van der Waals surface area contributed by atoms with Gasteiger partial charge in [-0.1, -0.05) is 12.1 Å². The number of hydrogen-bond donors (Lipinski definition) is 2. The minimum atomic E-state index is -0.896. The lowest BCUT2D eigenvalue weighted by Gasteiger charge is -2.16. The van der Waals surface area contributed by atoms with Gasteiger partial charge in [0.05, 0.1) is 17.4 Å². The van der Waals surface area contributed by atoms with Gasteiger partial charge in [-0.15, -0.1) is 0 Å². The van der Waals surface area contributed by atoms with Crippen LogP contribution in [-0.2, 0) is 19.4 Å². The van der Waals surface area contributed by atoms with Crippen molar-refractivity contribution in [3.8, 4) is 0 Å². The van der Waals surface area contributed by atoms with E-state index >= 15 is 0 Å². The van der Waals surface area contributed by atoms with Crippen LogP contribution in [-0.4, -0.2) is 16.1 Å². The number of nitrogens with one attached hydrogen (secondary N) is 1. The van der Waals surface area contributed by atoms with Crippen molar-refractivity contribution in [2.45, 2.75) is 32.2 Å². The Kier molecular flexibility index (Phi) is 3.86. The summed E-state index contributed by atoms with van der Waals surface area (Å²) in [6.07, 6.45) is 6.52. The maximum Gasteiger partial charge on any atom is 0.335 e. The number of aryl methyl sites for hydroxylation is 2. The number of aromatic nitrogens is 1. The summed E-state index contributed by atoms with van der Waals surface area (Å²) < 4.78 is 0. The van der Waals surface area contributed by atoms with Crippen molar-refractivity contribution >= 4 is 11.7 Å². The van der Waals surface area contributed by atoms with Gasteiger partial charge >= 0.3 is 5.97 Å². The second kappa shape index (κ2) is 5.95. The zero-order valence-electron chi connectivity index (χ0n) is 11.8. The lowest BCUT2D eigenvalue weighted by Crippen LogP contribution is -2.07. The molecule has 4 nitrogen and oxygen atoms in total. The molecule has 0 saturated carbocycles. The summed E-state index contributed by atoms with van der Waals surface area (Å²) in [7, 11) is 0. The predicted molar refractivity (Wildman–Crippen MR) is 81.6 cm³/mol. The van der Waals surface area contributed by atoms with Gasteiger partial charge in [0.25, 0.3) is 0 Å². The van der Waals surface area contributed by atoms with Gasteiger partial charge in [0, 0.05) is 12.2 Å². The van der Waals surface area contributed by atoms with Crippen LogP contribution in [0.1, 0.15) is 40.0 Å². The number of carboxylic acid groups (broad SMARTS) is 1. The molecule has 108 valence electrons. The Morgan fingerprint density at radius 3 is 2.95 bits per heavy atom. The second-order valence-electron chi connectivity index (χ2n) is 5.40. The van der Waals surface area contributed by atoms with Gasteiger partial charge in [0.15, 0.2) is 0 Å². The molecule has 21 heavy (non-hydrogen) atoms. The van der Waals surface area contributed by atoms with Crippen molar-refractivity contribution in [1.29, 1.82) is 0 Å². The van der Waals surface area contributed by atoms with Crippen LogP contribution < -0.4 is 5.32 Å². The maximum atomic E-state index is 11.0. The number of benzene rings is 1. The molecule has 2 aromatic rings. The molecule has 3 rings (SSSR count). The molecule has 0 saturated heterocycles. The Hall–Kier alpha value is -2.36. The van der Waals surface area contributed by atoms with Crippen molar-refractivity contribution in [1.82, 2.24) is 4.98 Å². The van der Waals surface area contributed by atoms with Gasteiger partial charge in [-0.05, 0) is 55.0 Å². The van der Waals surface area contributed by atoms with Crippen molar-refractivity contribution in [2.24, 2.45) is 0 Å². The number of aromatic carboxylic acids is 1. The van der Waals surface area contributed by atoms with E-state index in [2.05, 4.69) is 16.4 Å². The second-order valence-corrected chi connectivity index (χ2v) is 5.40. The van der Waals surface area contributed by atoms with E-state index in [9.17, 15) is 4.79 Å². The van der Waals surface area contributed by atoms with E-state index in [1.165, 1.54) is 24.1 Å². The summed E-state index contributed by atoms with van der Waals surface area (Å²) >= 11 is 0. The lowest BCUT2D eigenvalue weighted by molar-refractivity contribution is 0.0697. The Bertz CT molecular complexity index is 668. The number of carbonyl (C=O) groups is 1. The number of nitrogens with zero attached hydrogens (tertiary/aromatic N) is 1. The van der Waals surface area contributed by atoms with Gasteiger partial charge in [-0.2, -0.15) is 0 Å². The zero-order valence-corrected chi connectivity index (χ0v) is 11.8. The molecule has 0 fully saturated rings. The third-order valence-corrected chi connectivity index (χ3v) is 3.84. The summed E-state index contributed by atoms with van der Waals surface area (Å²) in [5.41, 5.74) is 4.83. The van der Waals surface area contributed by atoms with Crippen LogP contribution in [0.5, 0.6) is 0 Å². The highest BCUT2D eigenvalue weighted by molar-refractivity contribution is 5.87. The molecule has 0 atom stereocenters. The fourth-order valence-corrected chi connectivity index (χ4v) is 2.70. The van der Waals surface area contributed by atoms with Crippen LogP contribution in [0.3, 0.4) is 0 Å². The quantitative estimate of drug-likeness (QED) is 0.903. The molecule has 1 aliphatic rings. The summed E-state index contributed by atoms with van der Waals surface area (Å²) in [5.74, 6) is -0.896. The smallest absolute Gasteiger partial charge is 0.335 e. The summed E-state index contributed by atoms with van der Waals surface area (Å²) in [6, 6.07) is 9.16. The molecule has 1 aliphatic carbocycles. The third kappa shape index (κ3) is 3.21. The largest absolute Gasteiger partial charge is 0.478 e. The molecular weight excluding hydrogens is 264 g/mol.